The molecular weight excluding hydrogens is 228 g/mol. The van der Waals surface area contributed by atoms with Crippen LogP contribution in [0.15, 0.2) is 18.5 Å². The van der Waals surface area contributed by atoms with Gasteiger partial charge in [0.2, 0.25) is 5.95 Å². The van der Waals surface area contributed by atoms with Crippen molar-refractivity contribution >= 4 is 17.6 Å². The fourth-order valence-electron chi connectivity index (χ4n) is 1.49. The third kappa shape index (κ3) is 2.97. The number of aromatic nitrogens is 4. The van der Waals surface area contributed by atoms with E-state index < -0.39 is 0 Å². The lowest BCUT2D eigenvalue weighted by molar-refractivity contribution is 0.771. The molecule has 0 aliphatic carbocycles. The third-order valence-corrected chi connectivity index (χ3v) is 2.46. The topological polar surface area (TPSA) is 67.7 Å². The lowest BCUT2D eigenvalue weighted by Gasteiger charge is -2.08. The number of nitrogens with zero attached hydrogens (tertiary/aromatic N) is 4. The minimum absolute atomic E-state index is 0.640. The minimum atomic E-state index is 0.640. The molecule has 0 unspecified atom stereocenters. The van der Waals surface area contributed by atoms with Gasteiger partial charge in [0.15, 0.2) is 5.82 Å². The number of aryl methyl sites for hydroxylation is 2. The minimum Gasteiger partial charge on any atom is -0.354 e. The van der Waals surface area contributed by atoms with Crippen molar-refractivity contribution in [3.05, 3.63) is 24.0 Å². The predicted octanol–water partition coefficient (Wildman–Crippen LogP) is 2.08. The average molecular weight is 246 g/mol. The summed E-state index contributed by atoms with van der Waals surface area (Å²) in [6, 6.07) is 1.90. The monoisotopic (exact) mass is 246 g/mol. The summed E-state index contributed by atoms with van der Waals surface area (Å²) in [6.45, 7) is 4.94. The molecule has 0 amide bonds. The van der Waals surface area contributed by atoms with E-state index in [1.54, 1.807) is 10.9 Å². The Morgan fingerprint density at radius 2 is 2.22 bits per heavy atom. The van der Waals surface area contributed by atoms with E-state index in [9.17, 15) is 0 Å². The summed E-state index contributed by atoms with van der Waals surface area (Å²) in [4.78, 5) is 8.67. The van der Waals surface area contributed by atoms with E-state index in [0.29, 0.717) is 5.95 Å². The molecule has 2 aromatic rings. The van der Waals surface area contributed by atoms with Gasteiger partial charge in [0, 0.05) is 37.6 Å². The summed E-state index contributed by atoms with van der Waals surface area (Å²) in [5.41, 5.74) is 0.989. The Bertz CT molecular complexity index is 519. The predicted molar refractivity (Wildman–Crippen MR) is 72.0 cm³/mol. The molecule has 96 valence electrons. The van der Waals surface area contributed by atoms with Gasteiger partial charge in [-0.1, -0.05) is 6.92 Å². The smallest absolute Gasteiger partial charge is 0.224 e. The number of rotatable bonds is 5. The van der Waals surface area contributed by atoms with Crippen LogP contribution in [0.5, 0.6) is 0 Å². The van der Waals surface area contributed by atoms with E-state index in [2.05, 4.69) is 32.6 Å². The van der Waals surface area contributed by atoms with Crippen LogP contribution in [-0.4, -0.2) is 26.3 Å². The Balaban J connectivity index is 2.15. The van der Waals surface area contributed by atoms with E-state index in [4.69, 9.17) is 0 Å². The van der Waals surface area contributed by atoms with Crippen LogP contribution in [0, 0.1) is 6.92 Å². The van der Waals surface area contributed by atoms with Gasteiger partial charge in [-0.3, -0.25) is 4.68 Å². The first-order valence-electron chi connectivity index (χ1n) is 6.03. The van der Waals surface area contributed by atoms with Crippen LogP contribution in [0.4, 0.5) is 17.6 Å². The highest BCUT2D eigenvalue weighted by atomic mass is 15.3. The second-order valence-corrected chi connectivity index (χ2v) is 4.15. The van der Waals surface area contributed by atoms with E-state index >= 15 is 0 Å². The summed E-state index contributed by atoms with van der Waals surface area (Å²) in [6.07, 6.45) is 4.73. The molecular formula is C12H18N6. The first-order valence-corrected chi connectivity index (χ1v) is 6.03. The molecule has 0 aliphatic heterocycles. The zero-order chi connectivity index (χ0) is 13.0. The molecule has 0 atom stereocenters. The number of anilines is 3. The van der Waals surface area contributed by atoms with Gasteiger partial charge < -0.3 is 10.6 Å². The third-order valence-electron chi connectivity index (χ3n) is 2.46. The molecule has 0 fully saturated rings. The second kappa shape index (κ2) is 5.48. The Hall–Kier alpha value is -2.11. The Labute approximate surface area is 106 Å². The van der Waals surface area contributed by atoms with Crippen LogP contribution < -0.4 is 10.6 Å². The highest BCUT2D eigenvalue weighted by Gasteiger charge is 2.05. The van der Waals surface area contributed by atoms with Crippen molar-refractivity contribution in [3.63, 3.8) is 0 Å². The van der Waals surface area contributed by atoms with Gasteiger partial charge in [0.25, 0.3) is 0 Å². The second-order valence-electron chi connectivity index (χ2n) is 4.15. The first kappa shape index (κ1) is 12.3. The van der Waals surface area contributed by atoms with E-state index in [-0.39, 0.29) is 0 Å². The number of hydrogen-bond acceptors (Lipinski definition) is 5. The van der Waals surface area contributed by atoms with E-state index in [1.165, 1.54) is 0 Å². The molecule has 18 heavy (non-hydrogen) atoms. The lowest BCUT2D eigenvalue weighted by atomic mass is 10.3. The van der Waals surface area contributed by atoms with Crippen LogP contribution in [0.3, 0.4) is 0 Å². The maximum atomic E-state index is 4.43. The van der Waals surface area contributed by atoms with Crippen molar-refractivity contribution in [3.8, 4) is 0 Å². The maximum Gasteiger partial charge on any atom is 0.224 e. The van der Waals surface area contributed by atoms with Crippen LogP contribution in [0.1, 0.15) is 18.9 Å². The fraction of sp³-hybridized carbons (Fsp3) is 0.417. The van der Waals surface area contributed by atoms with Crippen LogP contribution in [-0.2, 0) is 7.05 Å². The number of hydrogen-bond donors (Lipinski definition) is 2. The molecule has 6 heteroatoms. The van der Waals surface area contributed by atoms with Gasteiger partial charge >= 0.3 is 0 Å². The van der Waals surface area contributed by atoms with E-state index in [1.807, 2.05) is 26.2 Å². The normalized spacial score (nSPS) is 10.4. The van der Waals surface area contributed by atoms with Crippen molar-refractivity contribution < 1.29 is 0 Å². The largest absolute Gasteiger partial charge is 0.354 e. The zero-order valence-electron chi connectivity index (χ0n) is 10.9. The highest BCUT2D eigenvalue weighted by Crippen LogP contribution is 2.17. The molecule has 0 bridgehead atoms. The average Bonchev–Trinajstić information content (AvgIpc) is 2.76. The van der Waals surface area contributed by atoms with Crippen molar-refractivity contribution in [2.75, 3.05) is 17.2 Å². The van der Waals surface area contributed by atoms with Gasteiger partial charge in [-0.25, -0.2) is 4.98 Å². The molecule has 0 saturated carbocycles. The van der Waals surface area contributed by atoms with Crippen LogP contribution in [0.2, 0.25) is 0 Å². The Kier molecular flexibility index (Phi) is 3.76. The highest BCUT2D eigenvalue weighted by molar-refractivity contribution is 5.56. The quantitative estimate of drug-likeness (QED) is 0.845. The first-order chi connectivity index (χ1) is 8.69. The summed E-state index contributed by atoms with van der Waals surface area (Å²) in [7, 11) is 1.88. The van der Waals surface area contributed by atoms with Crippen molar-refractivity contribution in [2.45, 2.75) is 20.3 Å². The molecule has 0 radical (unpaired) electrons. The summed E-state index contributed by atoms with van der Waals surface area (Å²) >= 11 is 0. The summed E-state index contributed by atoms with van der Waals surface area (Å²) in [5, 5.41) is 10.6. The van der Waals surface area contributed by atoms with Crippen molar-refractivity contribution in [2.24, 2.45) is 7.05 Å². The molecule has 2 N–H and O–H groups in total. The van der Waals surface area contributed by atoms with Crippen molar-refractivity contribution in [1.82, 2.24) is 19.7 Å². The molecule has 0 spiro atoms. The Morgan fingerprint density at radius 1 is 1.39 bits per heavy atom. The van der Waals surface area contributed by atoms with Crippen molar-refractivity contribution in [1.29, 1.82) is 0 Å². The molecule has 0 saturated heterocycles. The summed E-state index contributed by atoms with van der Waals surface area (Å²) < 4.78 is 1.75. The van der Waals surface area contributed by atoms with Gasteiger partial charge in [-0.2, -0.15) is 10.1 Å². The maximum absolute atomic E-state index is 4.43. The van der Waals surface area contributed by atoms with Gasteiger partial charge in [0.05, 0.1) is 0 Å². The lowest BCUT2D eigenvalue weighted by Crippen LogP contribution is -2.07. The van der Waals surface area contributed by atoms with Gasteiger partial charge in [0.1, 0.15) is 5.82 Å². The van der Waals surface area contributed by atoms with E-state index in [0.717, 1.165) is 30.2 Å². The SMILES string of the molecule is CCCNc1ncc(C)c(Nc2ccn(C)n2)n1. The molecule has 6 nitrogen and oxygen atoms in total. The zero-order valence-corrected chi connectivity index (χ0v) is 10.9. The van der Waals surface area contributed by atoms with Crippen LogP contribution >= 0.6 is 0 Å². The molecule has 0 aliphatic rings. The molecule has 0 aromatic carbocycles. The van der Waals surface area contributed by atoms with Gasteiger partial charge in [-0.05, 0) is 13.3 Å². The van der Waals surface area contributed by atoms with Gasteiger partial charge in [-0.15, -0.1) is 0 Å². The van der Waals surface area contributed by atoms with Crippen LogP contribution in [0.25, 0.3) is 0 Å². The molecule has 2 rings (SSSR count). The number of nitrogens with one attached hydrogen (secondary N) is 2. The standard InChI is InChI=1S/C12H18N6/c1-4-6-13-12-14-8-9(2)11(16-12)15-10-5-7-18(3)17-10/h5,7-8H,4,6H2,1-3H3,(H2,13,14,15,16,17). The molecule has 2 aromatic heterocycles. The Morgan fingerprint density at radius 3 is 2.89 bits per heavy atom. The fourth-order valence-corrected chi connectivity index (χ4v) is 1.49. The molecule has 2 heterocycles. The summed E-state index contributed by atoms with van der Waals surface area (Å²) in [5.74, 6) is 2.20.